The van der Waals surface area contributed by atoms with E-state index in [4.69, 9.17) is 16.0 Å². The molecule has 1 N–H and O–H groups in total. The molecule has 0 fully saturated rings. The molecular weight excluding hydrogens is 366 g/mol. The first-order chi connectivity index (χ1) is 12.7. The van der Waals surface area contributed by atoms with Gasteiger partial charge < -0.3 is 9.73 Å². The molecule has 0 atom stereocenters. The van der Waals surface area contributed by atoms with E-state index < -0.39 is 0 Å². The first kappa shape index (κ1) is 17.0. The maximum absolute atomic E-state index is 12.2. The number of furan rings is 1. The Morgan fingerprint density at radius 3 is 2.62 bits per heavy atom. The number of para-hydroxylation sites is 1. The van der Waals surface area contributed by atoms with Crippen molar-refractivity contribution in [1.82, 2.24) is 0 Å². The van der Waals surface area contributed by atoms with Gasteiger partial charge >= 0.3 is 0 Å². The first-order valence-corrected chi connectivity index (χ1v) is 9.76. The summed E-state index contributed by atoms with van der Waals surface area (Å²) in [5.41, 5.74) is 3.39. The number of thioether (sulfide) groups is 1. The molecule has 5 heteroatoms. The Morgan fingerprint density at radius 1 is 0.962 bits per heavy atom. The summed E-state index contributed by atoms with van der Waals surface area (Å²) in [7, 11) is 0. The second kappa shape index (κ2) is 7.44. The number of hydrogen-bond donors (Lipinski definition) is 1. The van der Waals surface area contributed by atoms with Gasteiger partial charge in [0.25, 0.3) is 0 Å². The zero-order chi connectivity index (χ0) is 17.9. The van der Waals surface area contributed by atoms with E-state index >= 15 is 0 Å². The molecule has 1 heterocycles. The Labute approximate surface area is 160 Å². The summed E-state index contributed by atoms with van der Waals surface area (Å²) in [5, 5.41) is 5.79. The SMILES string of the molecule is O=C(CSCc1ccccc1Cl)Nc1ccc2c(c1)oc1ccccc12. The van der Waals surface area contributed by atoms with E-state index in [1.807, 2.05) is 66.7 Å². The van der Waals surface area contributed by atoms with Crippen molar-refractivity contribution < 1.29 is 9.21 Å². The number of carbonyl (C=O) groups is 1. The molecule has 0 saturated heterocycles. The third-order valence-electron chi connectivity index (χ3n) is 4.11. The fraction of sp³-hybridized carbons (Fsp3) is 0.0952. The Morgan fingerprint density at radius 2 is 1.73 bits per heavy atom. The van der Waals surface area contributed by atoms with Gasteiger partial charge in [-0.1, -0.05) is 48.0 Å². The molecule has 0 saturated carbocycles. The number of anilines is 1. The van der Waals surface area contributed by atoms with Crippen molar-refractivity contribution >= 4 is 56.9 Å². The van der Waals surface area contributed by atoms with E-state index in [-0.39, 0.29) is 5.91 Å². The number of hydrogen-bond acceptors (Lipinski definition) is 3. The van der Waals surface area contributed by atoms with Crippen LogP contribution in [0.15, 0.2) is 71.1 Å². The monoisotopic (exact) mass is 381 g/mol. The molecule has 0 spiro atoms. The van der Waals surface area contributed by atoms with E-state index in [9.17, 15) is 4.79 Å². The highest BCUT2D eigenvalue weighted by atomic mass is 35.5. The Bertz CT molecular complexity index is 1090. The van der Waals surface area contributed by atoms with Crippen LogP contribution in [0.3, 0.4) is 0 Å². The van der Waals surface area contributed by atoms with Gasteiger partial charge in [-0.15, -0.1) is 11.8 Å². The quantitative estimate of drug-likeness (QED) is 0.453. The highest BCUT2D eigenvalue weighted by Crippen LogP contribution is 2.30. The van der Waals surface area contributed by atoms with Crippen LogP contribution in [-0.2, 0) is 10.5 Å². The van der Waals surface area contributed by atoms with E-state index in [0.717, 1.165) is 38.2 Å². The molecule has 26 heavy (non-hydrogen) atoms. The summed E-state index contributed by atoms with van der Waals surface area (Å²) in [5.74, 6) is 1.02. The fourth-order valence-electron chi connectivity index (χ4n) is 2.87. The molecule has 0 aliphatic heterocycles. The molecule has 4 aromatic rings. The highest BCUT2D eigenvalue weighted by molar-refractivity contribution is 7.99. The van der Waals surface area contributed by atoms with Crippen molar-refractivity contribution in [2.24, 2.45) is 0 Å². The Kier molecular flexibility index (Phi) is 4.87. The number of nitrogens with one attached hydrogen (secondary N) is 1. The minimum atomic E-state index is -0.0440. The number of amides is 1. The summed E-state index contributed by atoms with van der Waals surface area (Å²) in [6.07, 6.45) is 0. The van der Waals surface area contributed by atoms with Crippen LogP contribution >= 0.6 is 23.4 Å². The average molecular weight is 382 g/mol. The lowest BCUT2D eigenvalue weighted by Gasteiger charge is -2.06. The third-order valence-corrected chi connectivity index (χ3v) is 5.46. The van der Waals surface area contributed by atoms with Gasteiger partial charge in [-0.3, -0.25) is 4.79 Å². The highest BCUT2D eigenvalue weighted by Gasteiger charge is 2.09. The predicted molar refractivity (Wildman–Crippen MR) is 110 cm³/mol. The van der Waals surface area contributed by atoms with Crippen LogP contribution in [0.4, 0.5) is 5.69 Å². The van der Waals surface area contributed by atoms with Gasteiger partial charge in [-0.2, -0.15) is 0 Å². The lowest BCUT2D eigenvalue weighted by atomic mass is 10.1. The lowest BCUT2D eigenvalue weighted by molar-refractivity contribution is -0.113. The van der Waals surface area contributed by atoms with Gasteiger partial charge in [-0.25, -0.2) is 0 Å². The Balaban J connectivity index is 1.41. The van der Waals surface area contributed by atoms with Crippen molar-refractivity contribution in [3.05, 3.63) is 77.3 Å². The molecule has 3 aromatic carbocycles. The van der Waals surface area contributed by atoms with Crippen LogP contribution in [0.25, 0.3) is 21.9 Å². The second-order valence-corrected chi connectivity index (χ2v) is 7.33. The fourth-order valence-corrected chi connectivity index (χ4v) is 3.98. The van der Waals surface area contributed by atoms with Gasteiger partial charge in [0.05, 0.1) is 5.75 Å². The number of rotatable bonds is 5. The molecular formula is C21H16ClNO2S. The third kappa shape index (κ3) is 3.57. The molecule has 1 amide bonds. The second-order valence-electron chi connectivity index (χ2n) is 5.94. The maximum Gasteiger partial charge on any atom is 0.234 e. The van der Waals surface area contributed by atoms with Gasteiger partial charge in [0.15, 0.2) is 0 Å². The molecule has 1 aromatic heterocycles. The number of halogens is 1. The summed E-state index contributed by atoms with van der Waals surface area (Å²) < 4.78 is 5.86. The zero-order valence-electron chi connectivity index (χ0n) is 13.9. The Hall–Kier alpha value is -2.43. The van der Waals surface area contributed by atoms with Crippen molar-refractivity contribution in [3.63, 3.8) is 0 Å². The topological polar surface area (TPSA) is 42.2 Å². The lowest BCUT2D eigenvalue weighted by Crippen LogP contribution is -2.14. The molecule has 0 unspecified atom stereocenters. The number of fused-ring (bicyclic) bond motifs is 3. The summed E-state index contributed by atoms with van der Waals surface area (Å²) in [6, 6.07) is 21.3. The molecule has 0 bridgehead atoms. The maximum atomic E-state index is 12.2. The van der Waals surface area contributed by atoms with E-state index in [2.05, 4.69) is 5.32 Å². The van der Waals surface area contributed by atoms with Crippen LogP contribution in [0, 0.1) is 0 Å². The van der Waals surface area contributed by atoms with Crippen LogP contribution < -0.4 is 5.32 Å². The minimum absolute atomic E-state index is 0.0440. The van der Waals surface area contributed by atoms with Crippen molar-refractivity contribution in [2.75, 3.05) is 11.1 Å². The van der Waals surface area contributed by atoms with Crippen LogP contribution in [0.1, 0.15) is 5.56 Å². The smallest absolute Gasteiger partial charge is 0.234 e. The standard InChI is InChI=1S/C21H16ClNO2S/c22-18-7-3-1-5-14(18)12-26-13-21(24)23-15-9-10-17-16-6-2-4-8-19(16)25-20(17)11-15/h1-11H,12-13H2,(H,23,24). The van der Waals surface area contributed by atoms with Crippen molar-refractivity contribution in [2.45, 2.75) is 5.75 Å². The average Bonchev–Trinajstić information content (AvgIpc) is 3.01. The molecule has 0 aliphatic carbocycles. The number of benzene rings is 3. The van der Waals surface area contributed by atoms with E-state index in [0.29, 0.717) is 11.5 Å². The normalized spacial score (nSPS) is 11.1. The van der Waals surface area contributed by atoms with Gasteiger partial charge in [0.1, 0.15) is 11.2 Å². The summed E-state index contributed by atoms with van der Waals surface area (Å²) in [6.45, 7) is 0. The van der Waals surface area contributed by atoms with Crippen molar-refractivity contribution in [1.29, 1.82) is 0 Å². The zero-order valence-corrected chi connectivity index (χ0v) is 15.4. The van der Waals surface area contributed by atoms with Gasteiger partial charge in [0, 0.05) is 33.3 Å². The summed E-state index contributed by atoms with van der Waals surface area (Å²) >= 11 is 7.67. The van der Waals surface area contributed by atoms with Gasteiger partial charge in [0.2, 0.25) is 5.91 Å². The predicted octanol–water partition coefficient (Wildman–Crippen LogP) is 6.11. The molecule has 130 valence electrons. The molecule has 4 rings (SSSR count). The van der Waals surface area contributed by atoms with E-state index in [1.54, 1.807) is 0 Å². The van der Waals surface area contributed by atoms with Crippen LogP contribution in [0.5, 0.6) is 0 Å². The molecule has 0 radical (unpaired) electrons. The minimum Gasteiger partial charge on any atom is -0.456 e. The molecule has 3 nitrogen and oxygen atoms in total. The largest absolute Gasteiger partial charge is 0.456 e. The number of carbonyl (C=O) groups excluding carboxylic acids is 1. The summed E-state index contributed by atoms with van der Waals surface area (Å²) in [4.78, 5) is 12.2. The van der Waals surface area contributed by atoms with Crippen LogP contribution in [0.2, 0.25) is 5.02 Å². The van der Waals surface area contributed by atoms with Gasteiger partial charge in [-0.05, 0) is 29.8 Å². The van der Waals surface area contributed by atoms with Crippen LogP contribution in [-0.4, -0.2) is 11.7 Å². The first-order valence-electron chi connectivity index (χ1n) is 8.23. The van der Waals surface area contributed by atoms with E-state index in [1.165, 1.54) is 11.8 Å². The molecule has 0 aliphatic rings. The van der Waals surface area contributed by atoms with Crippen molar-refractivity contribution in [3.8, 4) is 0 Å².